The zero-order chi connectivity index (χ0) is 15.2. The molecule has 0 saturated carbocycles. The van der Waals surface area contributed by atoms with Crippen LogP contribution in [0.1, 0.15) is 0 Å². The summed E-state index contributed by atoms with van der Waals surface area (Å²) in [5, 5.41) is 21.8. The Morgan fingerprint density at radius 3 is 2.48 bits per heavy atom. The molecule has 0 fully saturated rings. The molecule has 21 heavy (non-hydrogen) atoms. The summed E-state index contributed by atoms with van der Waals surface area (Å²) in [6.45, 7) is 0. The maximum atomic E-state index is 10.7. The zero-order valence-corrected chi connectivity index (χ0v) is 14.0. The monoisotopic (exact) mass is 436 g/mol. The van der Waals surface area contributed by atoms with Crippen LogP contribution in [0.5, 0.6) is 0 Å². The Labute approximate surface area is 137 Å². The van der Waals surface area contributed by atoms with Crippen LogP contribution in [0.2, 0.25) is 0 Å². The molecule has 1 aliphatic rings. The van der Waals surface area contributed by atoms with Gasteiger partial charge in [-0.25, -0.2) is 0 Å². The molecule has 0 bridgehead atoms. The quantitative estimate of drug-likeness (QED) is 0.284. The van der Waals surface area contributed by atoms with E-state index in [1.807, 2.05) is 4.08 Å². The van der Waals surface area contributed by atoms with E-state index in [9.17, 15) is 20.2 Å². The summed E-state index contributed by atoms with van der Waals surface area (Å²) < 4.78 is 3.63. The standard InChI is InChI=1S/C11H7IN3O4S2/c16-14(17)8-1-3-10(6-12-5-8)20-21-11-4-2-9(7-13-11)15(18)19/h1-7H/q-1. The van der Waals surface area contributed by atoms with E-state index < -0.39 is 31.1 Å². The van der Waals surface area contributed by atoms with Crippen molar-refractivity contribution in [2.75, 3.05) is 0 Å². The number of halogens is 1. The van der Waals surface area contributed by atoms with Gasteiger partial charge in [0, 0.05) is 0 Å². The Kier molecular flexibility index (Phi) is 5.76. The topological polar surface area (TPSA) is 99.2 Å². The molecule has 0 atom stereocenters. The van der Waals surface area contributed by atoms with Crippen LogP contribution in [0.4, 0.5) is 5.69 Å². The first-order valence-electron chi connectivity index (χ1n) is 5.36. The summed E-state index contributed by atoms with van der Waals surface area (Å²) in [5.74, 6) is 0. The van der Waals surface area contributed by atoms with Crippen molar-refractivity contribution >= 4 is 27.3 Å². The number of nitro groups is 2. The fourth-order valence-corrected chi connectivity index (χ4v) is 5.67. The molecular formula is C11H7IN3O4S2-. The molecule has 0 amide bonds. The first-order valence-corrected chi connectivity index (χ1v) is 10.00. The van der Waals surface area contributed by atoms with Gasteiger partial charge in [-0.15, -0.1) is 0 Å². The number of allylic oxidation sites excluding steroid dienone is 2. The summed E-state index contributed by atoms with van der Waals surface area (Å²) >= 11 is -0.496. The van der Waals surface area contributed by atoms with Gasteiger partial charge in [0.1, 0.15) is 0 Å². The van der Waals surface area contributed by atoms with E-state index >= 15 is 0 Å². The van der Waals surface area contributed by atoms with Crippen LogP contribution in [-0.2, 0) is 0 Å². The van der Waals surface area contributed by atoms with E-state index in [2.05, 4.69) is 4.98 Å². The average Bonchev–Trinajstić information content (AvgIpc) is 2.71. The Morgan fingerprint density at radius 1 is 1.05 bits per heavy atom. The normalized spacial score (nSPS) is 14.5. The van der Waals surface area contributed by atoms with Crippen LogP contribution < -0.4 is 21.2 Å². The van der Waals surface area contributed by atoms with Crippen molar-refractivity contribution in [3.8, 4) is 0 Å². The molecule has 2 rings (SSSR count). The van der Waals surface area contributed by atoms with Crippen molar-refractivity contribution in [1.82, 2.24) is 4.98 Å². The van der Waals surface area contributed by atoms with Gasteiger partial charge in [-0.3, -0.25) is 0 Å². The van der Waals surface area contributed by atoms with Crippen molar-refractivity contribution in [3.63, 3.8) is 0 Å². The maximum absolute atomic E-state index is 10.7. The van der Waals surface area contributed by atoms with E-state index in [0.29, 0.717) is 5.03 Å². The number of pyridine rings is 1. The van der Waals surface area contributed by atoms with Crippen molar-refractivity contribution < 1.29 is 31.1 Å². The SMILES string of the molecule is O=[N+]([O-])C1=C[I-]C=C(SSc2ccc([N+](=O)[O-])cn2)C=C1. The molecule has 110 valence electrons. The van der Waals surface area contributed by atoms with Crippen LogP contribution in [0, 0.1) is 20.2 Å². The Hall–Kier alpha value is -1.40. The first-order chi connectivity index (χ1) is 10.1. The molecule has 0 spiro atoms. The van der Waals surface area contributed by atoms with Crippen molar-refractivity contribution in [2.45, 2.75) is 5.03 Å². The molecular weight excluding hydrogens is 429 g/mol. The minimum absolute atomic E-state index is 0.0522. The summed E-state index contributed by atoms with van der Waals surface area (Å²) in [4.78, 5) is 25.2. The van der Waals surface area contributed by atoms with Gasteiger partial charge in [0.15, 0.2) is 0 Å². The van der Waals surface area contributed by atoms with Gasteiger partial charge >= 0.3 is 138 Å². The third kappa shape index (κ3) is 4.82. The van der Waals surface area contributed by atoms with Gasteiger partial charge in [0.05, 0.1) is 0 Å². The summed E-state index contributed by atoms with van der Waals surface area (Å²) in [6, 6.07) is 2.97. The molecule has 1 aromatic rings. The summed E-state index contributed by atoms with van der Waals surface area (Å²) in [6.07, 6.45) is 4.39. The Balaban J connectivity index is 1.95. The van der Waals surface area contributed by atoms with Gasteiger partial charge < -0.3 is 0 Å². The van der Waals surface area contributed by atoms with Gasteiger partial charge in [0.2, 0.25) is 0 Å². The predicted molar refractivity (Wildman–Crippen MR) is 76.6 cm³/mol. The van der Waals surface area contributed by atoms with E-state index in [4.69, 9.17) is 0 Å². The van der Waals surface area contributed by atoms with Gasteiger partial charge in [0.25, 0.3) is 0 Å². The van der Waals surface area contributed by atoms with Gasteiger partial charge in [-0.2, -0.15) is 0 Å². The predicted octanol–water partition coefficient (Wildman–Crippen LogP) is 0.348. The number of rotatable bonds is 5. The van der Waals surface area contributed by atoms with Crippen LogP contribution in [0.25, 0.3) is 0 Å². The third-order valence-corrected chi connectivity index (χ3v) is 6.86. The van der Waals surface area contributed by atoms with Crippen molar-refractivity contribution in [2.24, 2.45) is 0 Å². The first kappa shape index (κ1) is 16.0. The van der Waals surface area contributed by atoms with Crippen LogP contribution >= 0.6 is 21.6 Å². The van der Waals surface area contributed by atoms with E-state index in [1.165, 1.54) is 39.9 Å². The number of hydrogen-bond donors (Lipinski definition) is 0. The number of hydrogen-bond acceptors (Lipinski definition) is 7. The molecule has 0 aliphatic carbocycles. The third-order valence-electron chi connectivity index (χ3n) is 2.13. The molecule has 0 radical (unpaired) electrons. The molecule has 0 unspecified atom stereocenters. The van der Waals surface area contributed by atoms with Crippen LogP contribution in [-0.4, -0.2) is 14.8 Å². The van der Waals surface area contributed by atoms with Crippen molar-refractivity contribution in [3.05, 3.63) is 69.5 Å². The van der Waals surface area contributed by atoms with Gasteiger partial charge in [-0.1, -0.05) is 0 Å². The molecule has 7 nitrogen and oxygen atoms in total. The van der Waals surface area contributed by atoms with E-state index in [-0.39, 0.29) is 11.4 Å². The van der Waals surface area contributed by atoms with Gasteiger partial charge in [-0.05, 0) is 0 Å². The molecule has 1 aromatic heterocycles. The Morgan fingerprint density at radius 2 is 1.86 bits per heavy atom. The molecule has 1 aliphatic heterocycles. The van der Waals surface area contributed by atoms with E-state index in [0.717, 1.165) is 4.91 Å². The van der Waals surface area contributed by atoms with Crippen LogP contribution in [0.15, 0.2) is 54.3 Å². The Bertz CT molecular complexity index is 658. The molecule has 2 heterocycles. The average molecular weight is 436 g/mol. The second-order valence-electron chi connectivity index (χ2n) is 3.54. The van der Waals surface area contributed by atoms with Crippen LogP contribution in [0.3, 0.4) is 0 Å². The summed E-state index contributed by atoms with van der Waals surface area (Å²) in [5.41, 5.74) is 0.0664. The number of aromatic nitrogens is 1. The zero-order valence-electron chi connectivity index (χ0n) is 10.2. The second-order valence-corrected chi connectivity index (χ2v) is 7.73. The molecule has 0 aromatic carbocycles. The fourth-order valence-electron chi connectivity index (χ4n) is 1.17. The molecule has 0 N–H and O–H groups in total. The molecule has 10 heteroatoms. The van der Waals surface area contributed by atoms with Crippen molar-refractivity contribution in [1.29, 1.82) is 0 Å². The number of nitrogens with zero attached hydrogens (tertiary/aromatic N) is 3. The summed E-state index contributed by atoms with van der Waals surface area (Å²) in [7, 11) is 2.78. The van der Waals surface area contributed by atoms with E-state index in [1.54, 1.807) is 16.2 Å². The second kappa shape index (κ2) is 7.56. The minimum atomic E-state index is -0.500. The fraction of sp³-hybridized carbons (Fsp3) is 0. The molecule has 0 saturated heterocycles.